The van der Waals surface area contributed by atoms with Crippen molar-refractivity contribution in [1.82, 2.24) is 4.90 Å². The SMILES string of the molecule is COCCC[C@@]1(CO)CN(Cc2ccc(C(=O)OC)cc2)CC[C@H]1O. The highest BCUT2D eigenvalue weighted by atomic mass is 16.5. The van der Waals surface area contributed by atoms with Gasteiger partial charge in [0.25, 0.3) is 0 Å². The Morgan fingerprint density at radius 1 is 1.32 bits per heavy atom. The highest BCUT2D eigenvalue weighted by molar-refractivity contribution is 5.89. The third-order valence-corrected chi connectivity index (χ3v) is 5.08. The Morgan fingerprint density at radius 2 is 2.04 bits per heavy atom. The number of benzene rings is 1. The van der Waals surface area contributed by atoms with Gasteiger partial charge in [0.15, 0.2) is 0 Å². The van der Waals surface area contributed by atoms with E-state index >= 15 is 0 Å². The second-order valence-electron chi connectivity index (χ2n) is 6.82. The van der Waals surface area contributed by atoms with Crippen LogP contribution in [0.5, 0.6) is 0 Å². The Bertz CT molecular complexity index is 547. The van der Waals surface area contributed by atoms with Gasteiger partial charge in [0, 0.05) is 38.8 Å². The lowest BCUT2D eigenvalue weighted by molar-refractivity contribution is -0.0843. The lowest BCUT2D eigenvalue weighted by Gasteiger charge is -2.45. The van der Waals surface area contributed by atoms with Crippen LogP contribution in [0.3, 0.4) is 0 Å². The number of aliphatic hydroxyl groups excluding tert-OH is 2. The number of rotatable bonds is 8. The molecule has 0 aromatic heterocycles. The fourth-order valence-electron chi connectivity index (χ4n) is 3.55. The Balaban J connectivity index is 2.01. The first-order valence-corrected chi connectivity index (χ1v) is 8.72. The van der Waals surface area contributed by atoms with Gasteiger partial charge in [-0.1, -0.05) is 12.1 Å². The van der Waals surface area contributed by atoms with Crippen molar-refractivity contribution in [2.45, 2.75) is 31.9 Å². The van der Waals surface area contributed by atoms with Gasteiger partial charge in [0.2, 0.25) is 0 Å². The van der Waals surface area contributed by atoms with Gasteiger partial charge < -0.3 is 19.7 Å². The predicted octanol–water partition coefficient (Wildman–Crippen LogP) is 1.45. The Morgan fingerprint density at radius 3 is 2.64 bits per heavy atom. The van der Waals surface area contributed by atoms with Crippen LogP contribution in [0, 0.1) is 5.41 Å². The second kappa shape index (κ2) is 9.29. The van der Waals surface area contributed by atoms with E-state index in [4.69, 9.17) is 9.47 Å². The average Bonchev–Trinajstić information content (AvgIpc) is 2.64. The topological polar surface area (TPSA) is 79.2 Å². The van der Waals surface area contributed by atoms with E-state index in [2.05, 4.69) is 4.90 Å². The van der Waals surface area contributed by atoms with Crippen molar-refractivity contribution in [3.63, 3.8) is 0 Å². The van der Waals surface area contributed by atoms with Crippen molar-refractivity contribution in [2.24, 2.45) is 5.41 Å². The number of methoxy groups -OCH3 is 2. The summed E-state index contributed by atoms with van der Waals surface area (Å²) in [7, 11) is 3.03. The van der Waals surface area contributed by atoms with Crippen LogP contribution in [0.1, 0.15) is 35.2 Å². The van der Waals surface area contributed by atoms with Gasteiger partial charge in [-0.05, 0) is 37.0 Å². The molecule has 6 heteroatoms. The van der Waals surface area contributed by atoms with Crippen molar-refractivity contribution in [3.05, 3.63) is 35.4 Å². The Kier molecular flexibility index (Phi) is 7.38. The molecule has 2 rings (SSSR count). The Labute approximate surface area is 149 Å². The zero-order chi connectivity index (χ0) is 18.3. The van der Waals surface area contributed by atoms with Gasteiger partial charge in [-0.3, -0.25) is 4.90 Å². The minimum absolute atomic E-state index is 0.0321. The number of ether oxygens (including phenoxy) is 2. The molecule has 0 saturated carbocycles. The lowest BCUT2D eigenvalue weighted by Crippen LogP contribution is -2.53. The monoisotopic (exact) mass is 351 g/mol. The van der Waals surface area contributed by atoms with E-state index in [-0.39, 0.29) is 12.6 Å². The van der Waals surface area contributed by atoms with Crippen LogP contribution in [0.2, 0.25) is 0 Å². The van der Waals surface area contributed by atoms with Gasteiger partial charge in [0.1, 0.15) is 0 Å². The largest absolute Gasteiger partial charge is 0.465 e. The first-order valence-electron chi connectivity index (χ1n) is 8.72. The lowest BCUT2D eigenvalue weighted by atomic mass is 9.74. The molecule has 1 heterocycles. The quantitative estimate of drug-likeness (QED) is 0.545. The van der Waals surface area contributed by atoms with E-state index in [1.807, 2.05) is 12.1 Å². The highest BCUT2D eigenvalue weighted by Crippen LogP contribution is 2.35. The van der Waals surface area contributed by atoms with Crippen LogP contribution in [-0.4, -0.2) is 67.7 Å². The molecule has 25 heavy (non-hydrogen) atoms. The molecule has 6 nitrogen and oxygen atoms in total. The first kappa shape index (κ1) is 19.8. The second-order valence-corrected chi connectivity index (χ2v) is 6.82. The normalized spacial score (nSPS) is 24.2. The van der Waals surface area contributed by atoms with Crippen LogP contribution in [0.4, 0.5) is 0 Å². The van der Waals surface area contributed by atoms with Crippen LogP contribution in [0.15, 0.2) is 24.3 Å². The summed E-state index contributed by atoms with van der Waals surface area (Å²) in [6.45, 7) is 2.75. The molecule has 0 unspecified atom stereocenters. The van der Waals surface area contributed by atoms with Gasteiger partial charge in [-0.15, -0.1) is 0 Å². The molecule has 0 aliphatic carbocycles. The first-order chi connectivity index (χ1) is 12.0. The number of carbonyl (C=O) groups excluding carboxylic acids is 1. The number of aliphatic hydroxyl groups is 2. The maximum absolute atomic E-state index is 11.5. The van der Waals surface area contributed by atoms with Gasteiger partial charge >= 0.3 is 5.97 Å². The molecule has 2 N–H and O–H groups in total. The summed E-state index contributed by atoms with van der Waals surface area (Å²) in [5.41, 5.74) is 1.13. The number of piperidine rings is 1. The smallest absolute Gasteiger partial charge is 0.337 e. The maximum Gasteiger partial charge on any atom is 0.337 e. The summed E-state index contributed by atoms with van der Waals surface area (Å²) in [6.07, 6.45) is 1.70. The summed E-state index contributed by atoms with van der Waals surface area (Å²) in [5, 5.41) is 20.4. The van der Waals surface area contributed by atoms with E-state index in [9.17, 15) is 15.0 Å². The van der Waals surface area contributed by atoms with Crippen LogP contribution in [-0.2, 0) is 16.0 Å². The van der Waals surface area contributed by atoms with E-state index in [1.54, 1.807) is 19.2 Å². The molecule has 1 aromatic rings. The van der Waals surface area contributed by atoms with Gasteiger partial charge in [0.05, 0.1) is 25.4 Å². The zero-order valence-corrected chi connectivity index (χ0v) is 15.1. The van der Waals surface area contributed by atoms with Crippen LogP contribution in [0.25, 0.3) is 0 Å². The molecule has 0 amide bonds. The van der Waals surface area contributed by atoms with Crippen molar-refractivity contribution >= 4 is 5.97 Å². The molecule has 140 valence electrons. The number of hydrogen-bond acceptors (Lipinski definition) is 6. The average molecular weight is 351 g/mol. The third kappa shape index (κ3) is 5.01. The summed E-state index contributed by atoms with van der Waals surface area (Å²) in [6, 6.07) is 7.36. The van der Waals surface area contributed by atoms with E-state index in [1.165, 1.54) is 7.11 Å². The van der Waals surface area contributed by atoms with E-state index < -0.39 is 11.5 Å². The number of hydrogen-bond donors (Lipinski definition) is 2. The van der Waals surface area contributed by atoms with Crippen molar-refractivity contribution < 1.29 is 24.5 Å². The number of carbonyl (C=O) groups is 1. The fraction of sp³-hybridized carbons (Fsp3) is 0.632. The highest BCUT2D eigenvalue weighted by Gasteiger charge is 2.41. The molecule has 0 radical (unpaired) electrons. The van der Waals surface area contributed by atoms with Crippen molar-refractivity contribution in [1.29, 1.82) is 0 Å². The fourth-order valence-corrected chi connectivity index (χ4v) is 3.55. The summed E-state index contributed by atoms with van der Waals surface area (Å²) in [4.78, 5) is 13.8. The number of nitrogens with zero attached hydrogens (tertiary/aromatic N) is 1. The van der Waals surface area contributed by atoms with Crippen LogP contribution < -0.4 is 0 Å². The van der Waals surface area contributed by atoms with Crippen LogP contribution >= 0.6 is 0 Å². The van der Waals surface area contributed by atoms with E-state index in [0.29, 0.717) is 25.1 Å². The molecule has 1 saturated heterocycles. The summed E-state index contributed by atoms with van der Waals surface area (Å²) >= 11 is 0. The minimum Gasteiger partial charge on any atom is -0.465 e. The summed E-state index contributed by atoms with van der Waals surface area (Å²) < 4.78 is 9.82. The minimum atomic E-state index is -0.497. The third-order valence-electron chi connectivity index (χ3n) is 5.08. The summed E-state index contributed by atoms with van der Waals surface area (Å²) in [5.74, 6) is -0.343. The van der Waals surface area contributed by atoms with Crippen molar-refractivity contribution in [2.75, 3.05) is 40.5 Å². The molecule has 1 aliphatic rings. The maximum atomic E-state index is 11.5. The predicted molar refractivity (Wildman–Crippen MR) is 94.3 cm³/mol. The molecule has 0 spiro atoms. The molecule has 1 fully saturated rings. The zero-order valence-electron chi connectivity index (χ0n) is 15.1. The van der Waals surface area contributed by atoms with Gasteiger partial charge in [-0.2, -0.15) is 0 Å². The van der Waals surface area contributed by atoms with Crippen molar-refractivity contribution in [3.8, 4) is 0 Å². The molecule has 1 aliphatic heterocycles. The molecular formula is C19H29NO5. The number of likely N-dealkylation sites (tertiary alicyclic amines) is 1. The molecule has 1 aromatic carbocycles. The molecular weight excluding hydrogens is 322 g/mol. The van der Waals surface area contributed by atoms with E-state index in [0.717, 1.165) is 31.5 Å². The Hall–Kier alpha value is -1.47. The van der Waals surface area contributed by atoms with Gasteiger partial charge in [-0.25, -0.2) is 4.79 Å². The number of esters is 1. The molecule has 2 atom stereocenters. The molecule has 0 bridgehead atoms. The standard InChI is InChI=1S/C19H29NO5/c1-24-11-3-9-19(14-21)13-20(10-8-17(19)22)12-15-4-6-16(7-5-15)18(23)25-2/h4-7,17,21-22H,3,8-14H2,1-2H3/t17-,19+/m1/s1.